The second-order valence-electron chi connectivity index (χ2n) is 3.87. The standard InChI is InChI=1S/C9H13ClN4O/c1-5-8(10)13-14-9(11-5)12-7-2-6(3-7)4-15/h6-7,15H,2-4H2,1H3,(H,11,12,14)/t6-,7+. The third kappa shape index (κ3) is 2.35. The second kappa shape index (κ2) is 4.28. The first-order valence-electron chi connectivity index (χ1n) is 4.93. The monoisotopic (exact) mass is 228 g/mol. The number of aryl methyl sites for hydroxylation is 1. The number of aliphatic hydroxyl groups is 1. The number of nitrogens with one attached hydrogen (secondary N) is 1. The quantitative estimate of drug-likeness (QED) is 0.808. The van der Waals surface area contributed by atoms with Crippen LogP contribution in [0.3, 0.4) is 0 Å². The first kappa shape index (κ1) is 10.6. The predicted octanol–water partition coefficient (Wildman–Crippen LogP) is 1.02. The van der Waals surface area contributed by atoms with E-state index in [1.807, 2.05) is 0 Å². The summed E-state index contributed by atoms with van der Waals surface area (Å²) in [5.41, 5.74) is 0.673. The van der Waals surface area contributed by atoms with Crippen LogP contribution in [0.4, 0.5) is 5.95 Å². The number of hydrogen-bond donors (Lipinski definition) is 2. The van der Waals surface area contributed by atoms with Crippen molar-refractivity contribution in [1.29, 1.82) is 0 Å². The smallest absolute Gasteiger partial charge is 0.243 e. The van der Waals surface area contributed by atoms with Crippen LogP contribution in [0.1, 0.15) is 18.5 Å². The average molecular weight is 229 g/mol. The Morgan fingerprint density at radius 2 is 2.20 bits per heavy atom. The van der Waals surface area contributed by atoms with Crippen LogP contribution in [-0.2, 0) is 0 Å². The van der Waals surface area contributed by atoms with Crippen molar-refractivity contribution in [3.63, 3.8) is 0 Å². The molecule has 1 aliphatic carbocycles. The van der Waals surface area contributed by atoms with Crippen molar-refractivity contribution in [1.82, 2.24) is 15.2 Å². The van der Waals surface area contributed by atoms with Gasteiger partial charge in [0.2, 0.25) is 5.95 Å². The summed E-state index contributed by atoms with van der Waals surface area (Å²) >= 11 is 5.71. The van der Waals surface area contributed by atoms with Gasteiger partial charge < -0.3 is 10.4 Å². The maximum Gasteiger partial charge on any atom is 0.243 e. The lowest BCUT2D eigenvalue weighted by Crippen LogP contribution is -2.37. The van der Waals surface area contributed by atoms with Gasteiger partial charge in [-0.25, -0.2) is 4.98 Å². The van der Waals surface area contributed by atoms with Gasteiger partial charge in [-0.05, 0) is 25.7 Å². The highest BCUT2D eigenvalue weighted by atomic mass is 35.5. The van der Waals surface area contributed by atoms with E-state index in [1.54, 1.807) is 6.92 Å². The molecule has 6 heteroatoms. The predicted molar refractivity (Wildman–Crippen MR) is 56.8 cm³/mol. The van der Waals surface area contributed by atoms with Gasteiger partial charge in [-0.1, -0.05) is 11.6 Å². The SMILES string of the molecule is Cc1nc(N[C@H]2C[C@@H](CO)C2)nnc1Cl. The van der Waals surface area contributed by atoms with Gasteiger partial charge in [0.1, 0.15) is 0 Å². The van der Waals surface area contributed by atoms with Crippen LogP contribution in [0.2, 0.25) is 5.15 Å². The summed E-state index contributed by atoms with van der Waals surface area (Å²) in [7, 11) is 0. The topological polar surface area (TPSA) is 70.9 Å². The minimum Gasteiger partial charge on any atom is -0.396 e. The normalized spacial score (nSPS) is 24.7. The lowest BCUT2D eigenvalue weighted by atomic mass is 9.81. The molecule has 2 rings (SSSR count). The van der Waals surface area contributed by atoms with E-state index in [1.165, 1.54) is 0 Å². The minimum absolute atomic E-state index is 0.261. The number of aliphatic hydroxyl groups excluding tert-OH is 1. The molecule has 0 saturated heterocycles. The first-order valence-corrected chi connectivity index (χ1v) is 5.31. The Morgan fingerprint density at radius 3 is 2.80 bits per heavy atom. The molecule has 0 aromatic carbocycles. The zero-order valence-electron chi connectivity index (χ0n) is 8.44. The number of rotatable bonds is 3. The van der Waals surface area contributed by atoms with Gasteiger partial charge in [0.15, 0.2) is 5.15 Å². The molecule has 1 aromatic heterocycles. The van der Waals surface area contributed by atoms with Gasteiger partial charge >= 0.3 is 0 Å². The van der Waals surface area contributed by atoms with E-state index in [0.717, 1.165) is 12.8 Å². The highest BCUT2D eigenvalue weighted by Crippen LogP contribution is 2.28. The van der Waals surface area contributed by atoms with Crippen molar-refractivity contribution in [3.05, 3.63) is 10.8 Å². The Morgan fingerprint density at radius 1 is 1.47 bits per heavy atom. The summed E-state index contributed by atoms with van der Waals surface area (Å²) < 4.78 is 0. The molecule has 0 bridgehead atoms. The van der Waals surface area contributed by atoms with Crippen LogP contribution in [0, 0.1) is 12.8 Å². The van der Waals surface area contributed by atoms with E-state index in [2.05, 4.69) is 20.5 Å². The molecule has 0 unspecified atom stereocenters. The van der Waals surface area contributed by atoms with Crippen LogP contribution in [0.25, 0.3) is 0 Å². The number of aromatic nitrogens is 3. The van der Waals surface area contributed by atoms with E-state index >= 15 is 0 Å². The zero-order valence-corrected chi connectivity index (χ0v) is 9.20. The van der Waals surface area contributed by atoms with E-state index in [-0.39, 0.29) is 6.61 Å². The molecular weight excluding hydrogens is 216 g/mol. The highest BCUT2D eigenvalue weighted by Gasteiger charge is 2.28. The molecule has 1 saturated carbocycles. The Balaban J connectivity index is 1.92. The summed E-state index contributed by atoms with van der Waals surface area (Å²) in [5.74, 6) is 0.933. The van der Waals surface area contributed by atoms with E-state index in [0.29, 0.717) is 28.8 Å². The molecule has 82 valence electrons. The van der Waals surface area contributed by atoms with Crippen molar-refractivity contribution in [3.8, 4) is 0 Å². The van der Waals surface area contributed by atoms with Crippen LogP contribution in [-0.4, -0.2) is 32.9 Å². The van der Waals surface area contributed by atoms with Crippen molar-refractivity contribution in [2.45, 2.75) is 25.8 Å². The minimum atomic E-state index is 0.261. The Bertz CT molecular complexity index is 354. The van der Waals surface area contributed by atoms with Gasteiger partial charge in [-0.15, -0.1) is 10.2 Å². The van der Waals surface area contributed by atoms with E-state index < -0.39 is 0 Å². The van der Waals surface area contributed by atoms with Crippen LogP contribution < -0.4 is 5.32 Å². The molecule has 5 nitrogen and oxygen atoms in total. The summed E-state index contributed by atoms with van der Waals surface area (Å²) in [6, 6.07) is 0.351. The first-order chi connectivity index (χ1) is 7.19. The lowest BCUT2D eigenvalue weighted by Gasteiger charge is -2.34. The number of nitrogens with zero attached hydrogens (tertiary/aromatic N) is 3. The largest absolute Gasteiger partial charge is 0.396 e. The summed E-state index contributed by atoms with van der Waals surface area (Å²) in [4.78, 5) is 4.17. The molecule has 1 fully saturated rings. The molecule has 2 N–H and O–H groups in total. The molecule has 1 aliphatic rings. The fourth-order valence-electron chi connectivity index (χ4n) is 1.64. The summed E-state index contributed by atoms with van der Waals surface area (Å²) in [5, 5.41) is 20.0. The average Bonchev–Trinajstić information content (AvgIpc) is 2.16. The third-order valence-electron chi connectivity index (χ3n) is 2.63. The van der Waals surface area contributed by atoms with Crippen molar-refractivity contribution in [2.24, 2.45) is 5.92 Å². The molecule has 0 aliphatic heterocycles. The Kier molecular flexibility index (Phi) is 3.02. The van der Waals surface area contributed by atoms with Crippen LogP contribution in [0.5, 0.6) is 0 Å². The highest BCUT2D eigenvalue weighted by molar-refractivity contribution is 6.29. The number of halogens is 1. The summed E-state index contributed by atoms with van der Waals surface area (Å²) in [6.07, 6.45) is 1.92. The fourth-order valence-corrected chi connectivity index (χ4v) is 1.72. The fraction of sp³-hybridized carbons (Fsp3) is 0.667. The Labute approximate surface area is 92.9 Å². The third-order valence-corrected chi connectivity index (χ3v) is 2.98. The molecule has 15 heavy (non-hydrogen) atoms. The molecule has 1 heterocycles. The van der Waals surface area contributed by atoms with Crippen molar-refractivity contribution < 1.29 is 5.11 Å². The number of hydrogen-bond acceptors (Lipinski definition) is 5. The van der Waals surface area contributed by atoms with Gasteiger partial charge in [0.25, 0.3) is 0 Å². The molecule has 0 amide bonds. The van der Waals surface area contributed by atoms with Gasteiger partial charge in [0, 0.05) is 12.6 Å². The second-order valence-corrected chi connectivity index (χ2v) is 4.23. The van der Waals surface area contributed by atoms with Crippen LogP contribution in [0.15, 0.2) is 0 Å². The molecule has 1 aromatic rings. The molecule has 0 atom stereocenters. The van der Waals surface area contributed by atoms with Crippen LogP contribution >= 0.6 is 11.6 Å². The maximum absolute atomic E-state index is 8.86. The molecule has 0 spiro atoms. The van der Waals surface area contributed by atoms with E-state index in [9.17, 15) is 0 Å². The van der Waals surface area contributed by atoms with Gasteiger partial charge in [-0.3, -0.25) is 0 Å². The number of anilines is 1. The zero-order chi connectivity index (χ0) is 10.8. The van der Waals surface area contributed by atoms with Gasteiger partial charge in [0.05, 0.1) is 5.69 Å². The van der Waals surface area contributed by atoms with E-state index in [4.69, 9.17) is 16.7 Å². The lowest BCUT2D eigenvalue weighted by molar-refractivity contribution is 0.151. The van der Waals surface area contributed by atoms with Gasteiger partial charge in [-0.2, -0.15) is 0 Å². The van der Waals surface area contributed by atoms with Crippen molar-refractivity contribution in [2.75, 3.05) is 11.9 Å². The van der Waals surface area contributed by atoms with Crippen molar-refractivity contribution >= 4 is 17.5 Å². The Hall–Kier alpha value is -0.940. The maximum atomic E-state index is 8.86. The molecule has 0 radical (unpaired) electrons. The summed E-state index contributed by atoms with van der Waals surface area (Å²) in [6.45, 7) is 2.05. The molecular formula is C9H13ClN4O.